The zero-order valence-corrected chi connectivity index (χ0v) is 19.4. The molecular formula is C24H43O4P. The van der Waals surface area contributed by atoms with E-state index in [0.717, 1.165) is 19.3 Å². The van der Waals surface area contributed by atoms with E-state index in [-0.39, 0.29) is 6.61 Å². The summed E-state index contributed by atoms with van der Waals surface area (Å²) >= 11 is 0. The standard InChI is InChI=1S/C24H43O4P/c1-2-3-4-5-6-7-8-9-10-11-12-13-14-15-16-20-23-27-29(25,26)28-24-21-18-17-19-22-24/h17-19,21-22H,2-16,20,23H2,1H3,(H,25,26). The lowest BCUT2D eigenvalue weighted by atomic mass is 10.0. The Morgan fingerprint density at radius 3 is 1.55 bits per heavy atom. The molecule has 0 aromatic heterocycles. The summed E-state index contributed by atoms with van der Waals surface area (Å²) in [7, 11) is -4.00. The Kier molecular flexibility index (Phi) is 16.2. The van der Waals surface area contributed by atoms with Gasteiger partial charge in [0.25, 0.3) is 0 Å². The Labute approximate surface area is 179 Å². The van der Waals surface area contributed by atoms with Crippen molar-refractivity contribution in [3.63, 3.8) is 0 Å². The first kappa shape index (κ1) is 26.2. The van der Waals surface area contributed by atoms with Crippen molar-refractivity contribution in [2.45, 2.75) is 110 Å². The number of hydrogen-bond acceptors (Lipinski definition) is 3. The Morgan fingerprint density at radius 2 is 1.10 bits per heavy atom. The number of para-hydroxylation sites is 1. The van der Waals surface area contributed by atoms with Gasteiger partial charge in [0.1, 0.15) is 5.75 Å². The second kappa shape index (κ2) is 18.0. The first-order valence-corrected chi connectivity index (χ1v) is 13.4. The van der Waals surface area contributed by atoms with Crippen molar-refractivity contribution in [3.8, 4) is 5.75 Å². The predicted octanol–water partition coefficient (Wildman–Crippen LogP) is 8.44. The quantitative estimate of drug-likeness (QED) is 0.168. The molecule has 29 heavy (non-hydrogen) atoms. The van der Waals surface area contributed by atoms with Gasteiger partial charge in [-0.1, -0.05) is 121 Å². The van der Waals surface area contributed by atoms with Gasteiger partial charge in [-0.3, -0.25) is 9.42 Å². The van der Waals surface area contributed by atoms with Gasteiger partial charge >= 0.3 is 7.82 Å². The minimum absolute atomic E-state index is 0.263. The molecule has 0 amide bonds. The van der Waals surface area contributed by atoms with Crippen molar-refractivity contribution in [2.75, 3.05) is 6.61 Å². The average Bonchev–Trinajstić information content (AvgIpc) is 2.70. The number of phosphoric acid groups is 1. The van der Waals surface area contributed by atoms with Crippen LogP contribution in [0.1, 0.15) is 110 Å². The molecule has 0 saturated heterocycles. The van der Waals surface area contributed by atoms with Gasteiger partial charge in [-0.05, 0) is 18.6 Å². The topological polar surface area (TPSA) is 55.8 Å². The highest BCUT2D eigenvalue weighted by Gasteiger charge is 2.22. The third-order valence-electron chi connectivity index (χ3n) is 5.22. The van der Waals surface area contributed by atoms with Crippen LogP contribution in [0.2, 0.25) is 0 Å². The van der Waals surface area contributed by atoms with Crippen LogP contribution in [0.5, 0.6) is 5.75 Å². The number of rotatable bonds is 20. The zero-order valence-electron chi connectivity index (χ0n) is 18.5. The highest BCUT2D eigenvalue weighted by Crippen LogP contribution is 2.43. The molecule has 0 aliphatic rings. The maximum Gasteiger partial charge on any atom is 0.527 e. The van der Waals surface area contributed by atoms with Crippen LogP contribution in [-0.4, -0.2) is 11.5 Å². The van der Waals surface area contributed by atoms with Crippen molar-refractivity contribution in [3.05, 3.63) is 30.3 Å². The van der Waals surface area contributed by atoms with E-state index >= 15 is 0 Å². The van der Waals surface area contributed by atoms with Crippen molar-refractivity contribution in [2.24, 2.45) is 0 Å². The number of benzene rings is 1. The van der Waals surface area contributed by atoms with E-state index in [4.69, 9.17) is 9.05 Å². The fourth-order valence-electron chi connectivity index (χ4n) is 3.47. The van der Waals surface area contributed by atoms with Crippen LogP contribution in [0.4, 0.5) is 0 Å². The van der Waals surface area contributed by atoms with Gasteiger partial charge in [0, 0.05) is 0 Å². The van der Waals surface area contributed by atoms with Crippen LogP contribution in [-0.2, 0) is 9.09 Å². The van der Waals surface area contributed by atoms with Gasteiger partial charge in [0.15, 0.2) is 0 Å². The Hall–Kier alpha value is -0.830. The minimum Gasteiger partial charge on any atom is -0.404 e. The van der Waals surface area contributed by atoms with Gasteiger partial charge < -0.3 is 4.52 Å². The zero-order chi connectivity index (χ0) is 21.0. The van der Waals surface area contributed by atoms with E-state index in [1.54, 1.807) is 24.3 Å². The summed E-state index contributed by atoms with van der Waals surface area (Å²) in [4.78, 5) is 9.70. The van der Waals surface area contributed by atoms with Gasteiger partial charge in [-0.25, -0.2) is 4.57 Å². The lowest BCUT2D eigenvalue weighted by Gasteiger charge is -2.12. The van der Waals surface area contributed by atoms with Crippen LogP contribution in [0.25, 0.3) is 0 Å². The molecule has 0 aliphatic carbocycles. The molecule has 5 heteroatoms. The maximum absolute atomic E-state index is 11.9. The molecule has 0 saturated carbocycles. The van der Waals surface area contributed by atoms with Gasteiger partial charge in [-0.15, -0.1) is 0 Å². The third kappa shape index (κ3) is 16.6. The third-order valence-corrected chi connectivity index (χ3v) is 6.17. The summed E-state index contributed by atoms with van der Waals surface area (Å²) in [6.45, 7) is 2.53. The second-order valence-corrected chi connectivity index (χ2v) is 9.39. The summed E-state index contributed by atoms with van der Waals surface area (Å²) < 4.78 is 21.9. The van der Waals surface area contributed by atoms with Crippen LogP contribution in [0.3, 0.4) is 0 Å². The number of phosphoric ester groups is 1. The van der Waals surface area contributed by atoms with Crippen LogP contribution >= 0.6 is 7.82 Å². The van der Waals surface area contributed by atoms with Crippen molar-refractivity contribution < 1.29 is 18.5 Å². The average molecular weight is 427 g/mol. The summed E-state index contributed by atoms with van der Waals surface area (Å²) in [6, 6.07) is 8.62. The molecule has 1 N–H and O–H groups in total. The fourth-order valence-corrected chi connectivity index (χ4v) is 4.27. The van der Waals surface area contributed by atoms with E-state index in [9.17, 15) is 9.46 Å². The van der Waals surface area contributed by atoms with E-state index in [2.05, 4.69) is 6.92 Å². The molecule has 0 heterocycles. The maximum atomic E-state index is 11.9. The van der Waals surface area contributed by atoms with E-state index < -0.39 is 7.82 Å². The Morgan fingerprint density at radius 1 is 0.690 bits per heavy atom. The molecule has 4 nitrogen and oxygen atoms in total. The van der Waals surface area contributed by atoms with Crippen LogP contribution in [0, 0.1) is 0 Å². The fraction of sp³-hybridized carbons (Fsp3) is 0.750. The molecular weight excluding hydrogens is 383 g/mol. The molecule has 0 bridgehead atoms. The van der Waals surface area contributed by atoms with Crippen molar-refractivity contribution >= 4 is 7.82 Å². The van der Waals surface area contributed by atoms with Gasteiger partial charge in [0.2, 0.25) is 0 Å². The molecule has 0 fully saturated rings. The molecule has 0 spiro atoms. The molecule has 1 aromatic rings. The predicted molar refractivity (Wildman–Crippen MR) is 122 cm³/mol. The Balaban J connectivity index is 1.81. The first-order chi connectivity index (χ1) is 14.1. The smallest absolute Gasteiger partial charge is 0.404 e. The van der Waals surface area contributed by atoms with E-state index in [1.165, 1.54) is 83.5 Å². The largest absolute Gasteiger partial charge is 0.527 e. The molecule has 0 radical (unpaired) electrons. The molecule has 1 aromatic carbocycles. The second-order valence-electron chi connectivity index (χ2n) is 8.01. The lowest BCUT2D eigenvalue weighted by Crippen LogP contribution is -1.99. The first-order valence-electron chi connectivity index (χ1n) is 11.9. The lowest BCUT2D eigenvalue weighted by molar-refractivity contribution is 0.199. The molecule has 1 atom stereocenters. The number of hydrogen-bond donors (Lipinski definition) is 1. The van der Waals surface area contributed by atoms with Gasteiger partial charge in [-0.2, -0.15) is 0 Å². The highest BCUT2D eigenvalue weighted by atomic mass is 31.2. The van der Waals surface area contributed by atoms with E-state index in [0.29, 0.717) is 5.75 Å². The summed E-state index contributed by atoms with van der Waals surface area (Å²) in [5.74, 6) is 0.352. The Bertz CT molecular complexity index is 521. The highest BCUT2D eigenvalue weighted by molar-refractivity contribution is 7.47. The van der Waals surface area contributed by atoms with Gasteiger partial charge in [0.05, 0.1) is 6.61 Å². The molecule has 168 valence electrons. The normalized spacial score (nSPS) is 13.3. The summed E-state index contributed by atoms with van der Waals surface area (Å²) in [5.41, 5.74) is 0. The van der Waals surface area contributed by atoms with E-state index in [1.807, 2.05) is 6.07 Å². The molecule has 1 rings (SSSR count). The molecule has 1 unspecified atom stereocenters. The summed E-state index contributed by atoms with van der Waals surface area (Å²) in [5, 5.41) is 0. The van der Waals surface area contributed by atoms with Crippen molar-refractivity contribution in [1.82, 2.24) is 0 Å². The monoisotopic (exact) mass is 426 g/mol. The van der Waals surface area contributed by atoms with Crippen molar-refractivity contribution in [1.29, 1.82) is 0 Å². The van der Waals surface area contributed by atoms with Crippen LogP contribution < -0.4 is 4.52 Å². The van der Waals surface area contributed by atoms with Crippen LogP contribution in [0.15, 0.2) is 30.3 Å². The SMILES string of the molecule is CCCCCCCCCCCCCCCCCCOP(=O)(O)Oc1ccccc1. The molecule has 0 aliphatic heterocycles. The number of unbranched alkanes of at least 4 members (excludes halogenated alkanes) is 15. The summed E-state index contributed by atoms with van der Waals surface area (Å²) in [6.07, 6.45) is 20.9. The minimum atomic E-state index is -4.00.